The third kappa shape index (κ3) is 2.23. The number of hydrogen-bond acceptors (Lipinski definition) is 4. The van der Waals surface area contributed by atoms with E-state index in [4.69, 9.17) is 4.42 Å². The van der Waals surface area contributed by atoms with E-state index in [0.717, 1.165) is 23.3 Å². The van der Waals surface area contributed by atoms with E-state index >= 15 is 0 Å². The summed E-state index contributed by atoms with van der Waals surface area (Å²) in [6, 6.07) is 6.48. The molecule has 0 saturated heterocycles. The summed E-state index contributed by atoms with van der Waals surface area (Å²) in [6.45, 7) is 1.86. The number of hydrogen-bond donors (Lipinski definition) is 2. The van der Waals surface area contributed by atoms with Crippen molar-refractivity contribution in [1.29, 1.82) is 0 Å². The number of thiol groups is 1. The minimum Gasteiger partial charge on any atom is -0.441 e. The number of aromatic nitrogens is 1. The Labute approximate surface area is 101 Å². The Bertz CT molecular complexity index is 481. The van der Waals surface area contributed by atoms with Crippen molar-refractivity contribution in [2.75, 3.05) is 12.8 Å². The summed E-state index contributed by atoms with van der Waals surface area (Å²) in [6.07, 6.45) is 0.998. The summed E-state index contributed by atoms with van der Waals surface area (Å²) in [5.41, 5.74) is 3.00. The van der Waals surface area contributed by atoms with E-state index in [1.165, 1.54) is 5.56 Å². The fourth-order valence-corrected chi connectivity index (χ4v) is 2.14. The summed E-state index contributed by atoms with van der Waals surface area (Å²) in [7, 11) is 1.96. The van der Waals surface area contributed by atoms with Crippen molar-refractivity contribution in [2.24, 2.45) is 0 Å². The summed E-state index contributed by atoms with van der Waals surface area (Å²) in [5, 5.41) is 3.28. The van der Waals surface area contributed by atoms with Crippen molar-refractivity contribution in [2.45, 2.75) is 19.4 Å². The fourth-order valence-electron chi connectivity index (χ4n) is 1.88. The first-order chi connectivity index (χ1) is 7.74. The van der Waals surface area contributed by atoms with Gasteiger partial charge in [-0.2, -0.15) is 12.6 Å². The second kappa shape index (κ2) is 4.89. The van der Waals surface area contributed by atoms with E-state index in [9.17, 15) is 0 Å². The highest BCUT2D eigenvalue weighted by Crippen LogP contribution is 2.23. The van der Waals surface area contributed by atoms with Gasteiger partial charge in [-0.1, -0.05) is 6.07 Å². The Morgan fingerprint density at radius 3 is 3.00 bits per heavy atom. The van der Waals surface area contributed by atoms with Gasteiger partial charge < -0.3 is 9.73 Å². The molecule has 1 aromatic carbocycles. The highest BCUT2D eigenvalue weighted by molar-refractivity contribution is 7.80. The number of nitrogens with one attached hydrogen (secondary N) is 1. The summed E-state index contributed by atoms with van der Waals surface area (Å²) in [4.78, 5) is 4.28. The predicted octanol–water partition coefficient (Wildman–Crippen LogP) is 2.72. The summed E-state index contributed by atoms with van der Waals surface area (Å²) in [5.74, 6) is 1.57. The summed E-state index contributed by atoms with van der Waals surface area (Å²) >= 11 is 4.27. The molecule has 0 bridgehead atoms. The van der Waals surface area contributed by atoms with Crippen LogP contribution in [0.4, 0.5) is 0 Å². The minimum atomic E-state index is 0.326. The van der Waals surface area contributed by atoms with Crippen molar-refractivity contribution in [3.8, 4) is 0 Å². The Hall–Kier alpha value is -1.00. The quantitative estimate of drug-likeness (QED) is 0.802. The van der Waals surface area contributed by atoms with Crippen LogP contribution in [0.3, 0.4) is 0 Å². The second-order valence-corrected chi connectivity index (χ2v) is 4.26. The van der Waals surface area contributed by atoms with Crippen molar-refractivity contribution in [3.05, 3.63) is 29.7 Å². The minimum absolute atomic E-state index is 0.326. The van der Waals surface area contributed by atoms with Gasteiger partial charge in [-0.25, -0.2) is 4.98 Å². The number of fused-ring (bicyclic) bond motifs is 1. The Kier molecular flexibility index (Phi) is 3.51. The first kappa shape index (κ1) is 11.5. The van der Waals surface area contributed by atoms with Crippen LogP contribution < -0.4 is 5.32 Å². The molecule has 4 heteroatoms. The molecular formula is C12H16N2OS. The van der Waals surface area contributed by atoms with Gasteiger partial charge in [0, 0.05) is 13.0 Å². The molecule has 0 spiro atoms. The van der Waals surface area contributed by atoms with Gasteiger partial charge in [0.2, 0.25) is 0 Å². The van der Waals surface area contributed by atoms with Gasteiger partial charge in [0.05, 0.1) is 0 Å². The van der Waals surface area contributed by atoms with Crippen molar-refractivity contribution < 1.29 is 4.42 Å². The van der Waals surface area contributed by atoms with Gasteiger partial charge in [-0.05, 0) is 36.9 Å². The van der Waals surface area contributed by atoms with Crippen LogP contribution >= 0.6 is 12.6 Å². The number of rotatable bonds is 4. The molecule has 1 atom stereocenters. The van der Waals surface area contributed by atoms with Gasteiger partial charge >= 0.3 is 0 Å². The third-order valence-corrected chi connectivity index (χ3v) is 2.95. The molecule has 86 valence electrons. The smallest absolute Gasteiger partial charge is 0.192 e. The molecule has 0 aliphatic carbocycles. The molecular weight excluding hydrogens is 220 g/mol. The van der Waals surface area contributed by atoms with Crippen LogP contribution in [-0.2, 0) is 0 Å². The maximum Gasteiger partial charge on any atom is 0.192 e. The SMILES string of the molecule is CNC(CCS)c1ccc2nc(C)oc2c1. The molecule has 0 fully saturated rings. The van der Waals surface area contributed by atoms with Gasteiger partial charge in [0.25, 0.3) is 0 Å². The van der Waals surface area contributed by atoms with Crippen LogP contribution in [0.25, 0.3) is 11.1 Å². The van der Waals surface area contributed by atoms with Gasteiger partial charge in [0.1, 0.15) is 5.52 Å². The van der Waals surface area contributed by atoms with Crippen molar-refractivity contribution in [3.63, 3.8) is 0 Å². The van der Waals surface area contributed by atoms with E-state index in [1.54, 1.807) is 0 Å². The zero-order valence-corrected chi connectivity index (χ0v) is 10.4. The van der Waals surface area contributed by atoms with Gasteiger partial charge in [-0.3, -0.25) is 0 Å². The van der Waals surface area contributed by atoms with Gasteiger partial charge in [-0.15, -0.1) is 0 Å². The maximum absolute atomic E-state index is 5.52. The van der Waals surface area contributed by atoms with E-state index in [-0.39, 0.29) is 0 Å². The van der Waals surface area contributed by atoms with Crippen LogP contribution in [0.1, 0.15) is 23.9 Å². The van der Waals surface area contributed by atoms with E-state index in [1.807, 2.05) is 20.0 Å². The molecule has 3 nitrogen and oxygen atoms in total. The fraction of sp³-hybridized carbons (Fsp3) is 0.417. The molecule has 0 amide bonds. The molecule has 0 aliphatic rings. The zero-order valence-electron chi connectivity index (χ0n) is 9.53. The third-order valence-electron chi connectivity index (χ3n) is 2.69. The molecule has 2 rings (SSSR count). The number of nitrogens with zero attached hydrogens (tertiary/aromatic N) is 1. The van der Waals surface area contributed by atoms with Crippen molar-refractivity contribution >= 4 is 23.7 Å². The molecule has 1 heterocycles. The normalized spacial score (nSPS) is 13.2. The number of oxazole rings is 1. The standard InChI is InChI=1S/C12H16N2OS/c1-8-14-11-4-3-9(7-12(11)15-8)10(13-2)5-6-16/h3-4,7,10,13,16H,5-6H2,1-2H3. The lowest BCUT2D eigenvalue weighted by Crippen LogP contribution is -2.16. The molecule has 1 unspecified atom stereocenters. The van der Waals surface area contributed by atoms with Crippen molar-refractivity contribution in [1.82, 2.24) is 10.3 Å². The average Bonchev–Trinajstić information content (AvgIpc) is 2.64. The first-order valence-corrected chi connectivity index (χ1v) is 6.03. The topological polar surface area (TPSA) is 38.1 Å². The van der Waals surface area contributed by atoms with Crippen LogP contribution in [-0.4, -0.2) is 17.8 Å². The average molecular weight is 236 g/mol. The lowest BCUT2D eigenvalue weighted by atomic mass is 10.0. The van der Waals surface area contributed by atoms with E-state index in [2.05, 4.69) is 35.1 Å². The van der Waals surface area contributed by atoms with Crippen LogP contribution in [0.5, 0.6) is 0 Å². The lowest BCUT2D eigenvalue weighted by Gasteiger charge is -2.14. The molecule has 1 aromatic heterocycles. The number of aryl methyl sites for hydroxylation is 1. The molecule has 0 saturated carbocycles. The number of benzene rings is 1. The Morgan fingerprint density at radius 1 is 1.50 bits per heavy atom. The van der Waals surface area contributed by atoms with Gasteiger partial charge in [0.15, 0.2) is 11.5 Å². The molecule has 0 radical (unpaired) electrons. The molecule has 16 heavy (non-hydrogen) atoms. The first-order valence-electron chi connectivity index (χ1n) is 5.40. The largest absolute Gasteiger partial charge is 0.441 e. The Morgan fingerprint density at radius 2 is 2.31 bits per heavy atom. The van der Waals surface area contributed by atoms with E-state index < -0.39 is 0 Å². The maximum atomic E-state index is 5.52. The molecule has 0 aliphatic heterocycles. The molecule has 1 N–H and O–H groups in total. The monoisotopic (exact) mass is 236 g/mol. The summed E-state index contributed by atoms with van der Waals surface area (Å²) < 4.78 is 5.52. The lowest BCUT2D eigenvalue weighted by molar-refractivity contribution is 0.555. The van der Waals surface area contributed by atoms with Crippen LogP contribution in [0, 0.1) is 6.92 Å². The zero-order chi connectivity index (χ0) is 11.5. The molecule has 2 aromatic rings. The highest BCUT2D eigenvalue weighted by atomic mass is 32.1. The highest BCUT2D eigenvalue weighted by Gasteiger charge is 2.10. The Balaban J connectivity index is 2.36. The van der Waals surface area contributed by atoms with E-state index in [0.29, 0.717) is 11.9 Å². The second-order valence-electron chi connectivity index (χ2n) is 3.81. The van der Waals surface area contributed by atoms with Crippen LogP contribution in [0.15, 0.2) is 22.6 Å². The predicted molar refractivity (Wildman–Crippen MR) is 69.0 cm³/mol. The van der Waals surface area contributed by atoms with Crippen LogP contribution in [0.2, 0.25) is 0 Å².